The smallest absolute Gasteiger partial charge is 0.303 e. The lowest BCUT2D eigenvalue weighted by Crippen LogP contribution is -2.42. The summed E-state index contributed by atoms with van der Waals surface area (Å²) in [7, 11) is 3.46. The van der Waals surface area contributed by atoms with Gasteiger partial charge in [-0.3, -0.25) is 14.5 Å². The maximum absolute atomic E-state index is 11.6. The molecule has 17 heavy (non-hydrogen) atoms. The molecule has 0 aliphatic rings. The third-order valence-electron chi connectivity index (χ3n) is 2.75. The molecule has 0 heterocycles. The molecule has 5 heteroatoms. The zero-order chi connectivity index (χ0) is 13.4. The highest BCUT2D eigenvalue weighted by molar-refractivity contribution is 5.77. The van der Waals surface area contributed by atoms with Crippen molar-refractivity contribution in [1.29, 1.82) is 0 Å². The zero-order valence-corrected chi connectivity index (χ0v) is 11.3. The quantitative estimate of drug-likeness (QED) is 0.693. The Kier molecular flexibility index (Phi) is 7.54. The molecule has 1 unspecified atom stereocenters. The van der Waals surface area contributed by atoms with Gasteiger partial charge in [0.1, 0.15) is 0 Å². The largest absolute Gasteiger partial charge is 0.481 e. The maximum Gasteiger partial charge on any atom is 0.303 e. The Balaban J connectivity index is 4.29. The van der Waals surface area contributed by atoms with Gasteiger partial charge in [0.25, 0.3) is 0 Å². The fourth-order valence-electron chi connectivity index (χ4n) is 1.57. The molecular weight excluding hydrogens is 220 g/mol. The molecule has 0 aromatic rings. The van der Waals surface area contributed by atoms with E-state index in [0.29, 0.717) is 13.0 Å². The number of likely N-dealkylation sites (N-methyl/N-ethyl adjacent to an activating group) is 1. The minimum atomic E-state index is -0.785. The first-order valence-corrected chi connectivity index (χ1v) is 6.04. The first-order valence-electron chi connectivity index (χ1n) is 6.04. The Labute approximate surface area is 103 Å². The number of carbonyl (C=O) groups excluding carboxylic acids is 1. The van der Waals surface area contributed by atoms with E-state index in [-0.39, 0.29) is 18.4 Å². The molecule has 0 aliphatic carbocycles. The van der Waals surface area contributed by atoms with Crippen molar-refractivity contribution in [1.82, 2.24) is 9.80 Å². The van der Waals surface area contributed by atoms with Gasteiger partial charge < -0.3 is 10.0 Å². The number of aliphatic carboxylic acids is 1. The fourth-order valence-corrected chi connectivity index (χ4v) is 1.57. The topological polar surface area (TPSA) is 60.9 Å². The first kappa shape index (κ1) is 15.9. The number of carbonyl (C=O) groups is 2. The Morgan fingerprint density at radius 1 is 1.29 bits per heavy atom. The molecule has 0 aliphatic heterocycles. The summed E-state index contributed by atoms with van der Waals surface area (Å²) >= 11 is 0. The third kappa shape index (κ3) is 6.94. The van der Waals surface area contributed by atoms with Gasteiger partial charge in [0, 0.05) is 26.6 Å². The average Bonchev–Trinajstić information content (AvgIpc) is 2.24. The zero-order valence-electron chi connectivity index (χ0n) is 11.3. The number of carboxylic acid groups (broad SMARTS) is 1. The van der Waals surface area contributed by atoms with E-state index in [1.54, 1.807) is 19.0 Å². The van der Waals surface area contributed by atoms with Gasteiger partial charge >= 0.3 is 5.97 Å². The van der Waals surface area contributed by atoms with Crippen molar-refractivity contribution < 1.29 is 14.7 Å². The van der Waals surface area contributed by atoms with E-state index < -0.39 is 5.97 Å². The molecule has 0 aromatic carbocycles. The maximum atomic E-state index is 11.6. The van der Waals surface area contributed by atoms with E-state index >= 15 is 0 Å². The van der Waals surface area contributed by atoms with E-state index in [9.17, 15) is 9.59 Å². The molecular formula is C12H24N2O3. The van der Waals surface area contributed by atoms with E-state index in [1.165, 1.54) is 0 Å². The van der Waals surface area contributed by atoms with Crippen LogP contribution in [0.25, 0.3) is 0 Å². The van der Waals surface area contributed by atoms with Gasteiger partial charge in [-0.2, -0.15) is 0 Å². The second kappa shape index (κ2) is 8.06. The third-order valence-corrected chi connectivity index (χ3v) is 2.75. The predicted octanol–water partition coefficient (Wildman–Crippen LogP) is 1.04. The van der Waals surface area contributed by atoms with Gasteiger partial charge in [-0.25, -0.2) is 0 Å². The molecule has 0 saturated heterocycles. The normalized spacial score (nSPS) is 12.5. The number of rotatable bonds is 8. The van der Waals surface area contributed by atoms with Crippen molar-refractivity contribution >= 4 is 11.9 Å². The van der Waals surface area contributed by atoms with Crippen molar-refractivity contribution in [2.45, 2.75) is 39.2 Å². The summed E-state index contributed by atoms with van der Waals surface area (Å²) in [6.07, 6.45) is 1.69. The molecule has 0 saturated carbocycles. The summed E-state index contributed by atoms with van der Waals surface area (Å²) in [4.78, 5) is 25.8. The number of carboxylic acids is 1. The minimum absolute atomic E-state index is 0.0561. The Morgan fingerprint density at radius 2 is 1.88 bits per heavy atom. The Hall–Kier alpha value is -1.10. The molecule has 0 fully saturated rings. The summed E-state index contributed by atoms with van der Waals surface area (Å²) in [6.45, 7) is 5.21. The summed E-state index contributed by atoms with van der Waals surface area (Å²) < 4.78 is 0. The summed E-state index contributed by atoms with van der Waals surface area (Å²) in [5.41, 5.74) is 0. The van der Waals surface area contributed by atoms with Gasteiger partial charge in [0.15, 0.2) is 0 Å². The van der Waals surface area contributed by atoms with Gasteiger partial charge in [-0.1, -0.05) is 6.92 Å². The molecule has 0 radical (unpaired) electrons. The van der Waals surface area contributed by atoms with Crippen molar-refractivity contribution in [2.75, 3.05) is 27.2 Å². The highest BCUT2D eigenvalue weighted by Gasteiger charge is 2.18. The van der Waals surface area contributed by atoms with Crippen LogP contribution in [0.15, 0.2) is 0 Å². The monoisotopic (exact) mass is 244 g/mol. The predicted molar refractivity (Wildman–Crippen MR) is 66.9 cm³/mol. The highest BCUT2D eigenvalue weighted by Crippen LogP contribution is 2.08. The second-order valence-corrected chi connectivity index (χ2v) is 4.54. The molecule has 1 atom stereocenters. The molecule has 0 spiro atoms. The Bertz CT molecular complexity index is 254. The van der Waals surface area contributed by atoms with Gasteiger partial charge in [-0.15, -0.1) is 0 Å². The lowest BCUT2D eigenvalue weighted by molar-refractivity contribution is -0.137. The summed E-state index contributed by atoms with van der Waals surface area (Å²) in [6, 6.07) is 0.120. The van der Waals surface area contributed by atoms with Crippen molar-refractivity contribution in [3.8, 4) is 0 Å². The molecule has 5 nitrogen and oxygen atoms in total. The van der Waals surface area contributed by atoms with Gasteiger partial charge in [-0.05, 0) is 26.3 Å². The Morgan fingerprint density at radius 3 is 2.29 bits per heavy atom. The second-order valence-electron chi connectivity index (χ2n) is 4.54. The van der Waals surface area contributed by atoms with Crippen molar-refractivity contribution in [2.24, 2.45) is 0 Å². The molecule has 1 N–H and O–H groups in total. The molecule has 0 aromatic heterocycles. The molecule has 0 rings (SSSR count). The molecule has 0 bridgehead atoms. The number of nitrogens with zero attached hydrogens (tertiary/aromatic N) is 2. The van der Waals surface area contributed by atoms with Crippen molar-refractivity contribution in [3.05, 3.63) is 0 Å². The van der Waals surface area contributed by atoms with E-state index in [4.69, 9.17) is 5.11 Å². The van der Waals surface area contributed by atoms with E-state index in [2.05, 4.69) is 6.92 Å². The van der Waals surface area contributed by atoms with Crippen LogP contribution in [0.5, 0.6) is 0 Å². The first-order chi connectivity index (χ1) is 7.88. The number of hydrogen-bond donors (Lipinski definition) is 1. The number of amides is 1. The van der Waals surface area contributed by atoms with Crippen LogP contribution in [0.1, 0.15) is 33.1 Å². The van der Waals surface area contributed by atoms with Crippen LogP contribution in [-0.2, 0) is 9.59 Å². The van der Waals surface area contributed by atoms with Crippen molar-refractivity contribution in [3.63, 3.8) is 0 Å². The van der Waals surface area contributed by atoms with Crippen LogP contribution in [-0.4, -0.2) is 60.0 Å². The summed E-state index contributed by atoms with van der Waals surface area (Å²) in [5, 5.41) is 8.65. The summed E-state index contributed by atoms with van der Waals surface area (Å²) in [5.74, 6) is -0.729. The fraction of sp³-hybridized carbons (Fsp3) is 0.833. The molecule has 100 valence electrons. The number of hydrogen-bond acceptors (Lipinski definition) is 3. The van der Waals surface area contributed by atoms with E-state index in [0.717, 1.165) is 13.0 Å². The highest BCUT2D eigenvalue weighted by atomic mass is 16.4. The van der Waals surface area contributed by atoms with Gasteiger partial charge in [0.05, 0.1) is 6.54 Å². The molecule has 1 amide bonds. The lowest BCUT2D eigenvalue weighted by Gasteiger charge is -2.28. The van der Waals surface area contributed by atoms with Crippen LogP contribution in [0.2, 0.25) is 0 Å². The van der Waals surface area contributed by atoms with Crippen LogP contribution in [0, 0.1) is 0 Å². The van der Waals surface area contributed by atoms with Crippen LogP contribution in [0.4, 0.5) is 0 Å². The van der Waals surface area contributed by atoms with Crippen LogP contribution < -0.4 is 0 Å². The van der Waals surface area contributed by atoms with Crippen LogP contribution >= 0.6 is 0 Å². The minimum Gasteiger partial charge on any atom is -0.481 e. The van der Waals surface area contributed by atoms with Crippen LogP contribution in [0.3, 0.4) is 0 Å². The SMILES string of the molecule is CCCN(CC(=O)N(C)C)C(C)CCC(=O)O. The van der Waals surface area contributed by atoms with Gasteiger partial charge in [0.2, 0.25) is 5.91 Å². The lowest BCUT2D eigenvalue weighted by atomic mass is 10.1. The standard InChI is InChI=1S/C12H24N2O3/c1-5-8-14(9-11(15)13(3)4)10(2)6-7-12(16)17/h10H,5-9H2,1-4H3,(H,16,17). The van der Waals surface area contributed by atoms with E-state index in [1.807, 2.05) is 11.8 Å². The average molecular weight is 244 g/mol.